The third-order valence-corrected chi connectivity index (χ3v) is 6.67. The quantitative estimate of drug-likeness (QED) is 0.570. The van der Waals surface area contributed by atoms with Gasteiger partial charge >= 0.3 is 6.03 Å². The van der Waals surface area contributed by atoms with Crippen LogP contribution < -0.4 is 14.8 Å². The van der Waals surface area contributed by atoms with Gasteiger partial charge in [0.1, 0.15) is 5.82 Å². The number of ether oxygens (including phenoxy) is 2. The molecule has 3 unspecified atom stereocenters. The highest BCUT2D eigenvalue weighted by Gasteiger charge is 2.45. The van der Waals surface area contributed by atoms with Crippen LogP contribution in [-0.2, 0) is 11.3 Å². The molecule has 9 nitrogen and oxygen atoms in total. The van der Waals surface area contributed by atoms with E-state index in [0.717, 1.165) is 5.56 Å². The normalized spacial score (nSPS) is 21.9. The molecule has 1 aliphatic heterocycles. The van der Waals surface area contributed by atoms with Crippen LogP contribution in [0.1, 0.15) is 36.6 Å². The summed E-state index contributed by atoms with van der Waals surface area (Å²) in [5.74, 6) is 1.10. The number of amides is 3. The maximum Gasteiger partial charge on any atom is 0.324 e. The van der Waals surface area contributed by atoms with Gasteiger partial charge in [-0.25, -0.2) is 9.18 Å². The topological polar surface area (TPSA) is 107 Å². The lowest BCUT2D eigenvalue weighted by molar-refractivity contribution is -0.137. The zero-order valence-corrected chi connectivity index (χ0v) is 19.4. The molecule has 3 atom stereocenters. The number of imide groups is 1. The first-order valence-electron chi connectivity index (χ1n) is 11.4. The molecule has 35 heavy (non-hydrogen) atoms. The lowest BCUT2D eigenvalue weighted by Crippen LogP contribution is -2.60. The van der Waals surface area contributed by atoms with Crippen molar-refractivity contribution in [3.8, 4) is 22.9 Å². The van der Waals surface area contributed by atoms with Crippen LogP contribution in [0, 0.1) is 11.7 Å². The van der Waals surface area contributed by atoms with Gasteiger partial charge in [-0.15, -0.1) is 0 Å². The summed E-state index contributed by atoms with van der Waals surface area (Å²) in [5.41, 5.74) is 1.42. The molecule has 0 radical (unpaired) electrons. The number of nitrogens with one attached hydrogen (secondary N) is 1. The standard InChI is InChI=1S/C25H25FN4O5/c1-33-20-10-6-15(12-21(20)34-2)22-28-23(35-29-22)16-5-9-18-19(11-16)27-25(32)30(24(18)31)13-14-3-7-17(26)8-4-14/h3-4,6-8,10,12,16,18-19H,5,9,11,13H2,1-2H3,(H,27,32). The predicted octanol–water partition coefficient (Wildman–Crippen LogP) is 3.90. The van der Waals surface area contributed by atoms with Gasteiger partial charge in [0.25, 0.3) is 0 Å². The van der Waals surface area contributed by atoms with Gasteiger partial charge < -0.3 is 19.3 Å². The molecule has 3 amide bonds. The van der Waals surface area contributed by atoms with Crippen LogP contribution in [0.3, 0.4) is 0 Å². The maximum absolute atomic E-state index is 13.2. The van der Waals surface area contributed by atoms with Crippen molar-refractivity contribution < 1.29 is 28.0 Å². The number of benzene rings is 2. The molecular formula is C25H25FN4O5. The molecule has 10 heteroatoms. The molecule has 2 aliphatic rings. The first-order chi connectivity index (χ1) is 17.0. The van der Waals surface area contributed by atoms with E-state index in [1.165, 1.54) is 17.0 Å². The Morgan fingerprint density at radius 1 is 1.09 bits per heavy atom. The number of halogens is 1. The second kappa shape index (κ2) is 9.36. The molecule has 5 rings (SSSR count). The molecule has 3 aromatic rings. The Balaban J connectivity index is 1.28. The lowest BCUT2D eigenvalue weighted by Gasteiger charge is -2.41. The summed E-state index contributed by atoms with van der Waals surface area (Å²) in [6, 6.07) is 10.4. The van der Waals surface area contributed by atoms with E-state index in [-0.39, 0.29) is 36.1 Å². The Morgan fingerprint density at radius 3 is 2.60 bits per heavy atom. The van der Waals surface area contributed by atoms with Crippen LogP contribution >= 0.6 is 0 Å². The van der Waals surface area contributed by atoms with Gasteiger partial charge in [-0.05, 0) is 55.2 Å². The third kappa shape index (κ3) is 4.43. The molecule has 1 saturated heterocycles. The minimum absolute atomic E-state index is 0.0746. The van der Waals surface area contributed by atoms with Gasteiger partial charge in [-0.1, -0.05) is 17.3 Å². The largest absolute Gasteiger partial charge is 0.493 e. The van der Waals surface area contributed by atoms with Crippen LogP contribution in [0.15, 0.2) is 47.0 Å². The van der Waals surface area contributed by atoms with Crippen molar-refractivity contribution in [1.82, 2.24) is 20.4 Å². The van der Waals surface area contributed by atoms with E-state index < -0.39 is 6.03 Å². The summed E-state index contributed by atoms with van der Waals surface area (Å²) in [6.45, 7) is 0.107. The summed E-state index contributed by atoms with van der Waals surface area (Å²) >= 11 is 0. The highest BCUT2D eigenvalue weighted by molar-refractivity contribution is 5.98. The molecule has 0 bridgehead atoms. The van der Waals surface area contributed by atoms with Crippen molar-refractivity contribution in [1.29, 1.82) is 0 Å². The summed E-state index contributed by atoms with van der Waals surface area (Å²) < 4.78 is 29.4. The molecule has 1 N–H and O–H groups in total. The third-order valence-electron chi connectivity index (χ3n) is 6.67. The predicted molar refractivity (Wildman–Crippen MR) is 122 cm³/mol. The fraction of sp³-hybridized carbons (Fsp3) is 0.360. The van der Waals surface area contributed by atoms with Gasteiger partial charge in [0.05, 0.1) is 26.7 Å². The van der Waals surface area contributed by atoms with Crippen molar-refractivity contribution in [2.75, 3.05) is 14.2 Å². The zero-order valence-electron chi connectivity index (χ0n) is 19.4. The molecule has 0 spiro atoms. The van der Waals surface area contributed by atoms with E-state index in [1.807, 2.05) is 6.07 Å². The number of hydrogen-bond donors (Lipinski definition) is 1. The monoisotopic (exact) mass is 480 g/mol. The molecule has 182 valence electrons. The Labute approximate surface area is 201 Å². The summed E-state index contributed by atoms with van der Waals surface area (Å²) in [4.78, 5) is 31.6. The Hall–Kier alpha value is -3.95. The van der Waals surface area contributed by atoms with Crippen molar-refractivity contribution in [2.45, 2.75) is 37.8 Å². The summed E-state index contributed by atoms with van der Waals surface area (Å²) in [5, 5.41) is 7.09. The maximum atomic E-state index is 13.2. The van der Waals surface area contributed by atoms with Crippen LogP contribution in [0.2, 0.25) is 0 Å². The van der Waals surface area contributed by atoms with E-state index in [4.69, 9.17) is 14.0 Å². The number of aromatic nitrogens is 2. The first kappa shape index (κ1) is 22.8. The second-order valence-corrected chi connectivity index (χ2v) is 8.75. The SMILES string of the molecule is COc1ccc(-c2noc(C3CCC4C(=O)N(Cc5ccc(F)cc5)C(=O)NC4C3)n2)cc1OC. The van der Waals surface area contributed by atoms with E-state index in [2.05, 4.69) is 15.5 Å². The van der Waals surface area contributed by atoms with Gasteiger partial charge in [-0.3, -0.25) is 9.69 Å². The lowest BCUT2D eigenvalue weighted by atomic mass is 9.76. The van der Waals surface area contributed by atoms with E-state index in [9.17, 15) is 14.0 Å². The van der Waals surface area contributed by atoms with E-state index in [1.54, 1.807) is 38.5 Å². The van der Waals surface area contributed by atoms with E-state index >= 15 is 0 Å². The second-order valence-electron chi connectivity index (χ2n) is 8.75. The highest BCUT2D eigenvalue weighted by Crippen LogP contribution is 2.39. The van der Waals surface area contributed by atoms with Crippen molar-refractivity contribution in [3.63, 3.8) is 0 Å². The fourth-order valence-electron chi connectivity index (χ4n) is 4.80. The van der Waals surface area contributed by atoms with Gasteiger partial charge in [-0.2, -0.15) is 4.98 Å². The number of carbonyl (C=O) groups excluding carboxylic acids is 2. The molecule has 2 fully saturated rings. The number of methoxy groups -OCH3 is 2. The number of rotatable bonds is 6. The number of urea groups is 1. The van der Waals surface area contributed by atoms with Gasteiger partial charge in [0.15, 0.2) is 11.5 Å². The number of nitrogens with zero attached hydrogens (tertiary/aromatic N) is 3. The molecule has 1 aliphatic carbocycles. The molecular weight excluding hydrogens is 455 g/mol. The fourth-order valence-corrected chi connectivity index (χ4v) is 4.80. The summed E-state index contributed by atoms with van der Waals surface area (Å²) in [7, 11) is 3.12. The van der Waals surface area contributed by atoms with Crippen LogP contribution in [0.5, 0.6) is 11.5 Å². The number of hydrogen-bond acceptors (Lipinski definition) is 7. The van der Waals surface area contributed by atoms with Crippen molar-refractivity contribution >= 4 is 11.9 Å². The molecule has 2 heterocycles. The summed E-state index contributed by atoms with van der Waals surface area (Å²) in [6.07, 6.45) is 1.79. The zero-order chi connectivity index (χ0) is 24.5. The van der Waals surface area contributed by atoms with Crippen molar-refractivity contribution in [2.24, 2.45) is 5.92 Å². The Bertz CT molecular complexity index is 1240. The molecule has 2 aromatic carbocycles. The van der Waals surface area contributed by atoms with E-state index in [0.29, 0.717) is 48.0 Å². The average molecular weight is 480 g/mol. The van der Waals surface area contributed by atoms with Gasteiger partial charge in [0, 0.05) is 17.5 Å². The van der Waals surface area contributed by atoms with Crippen LogP contribution in [0.4, 0.5) is 9.18 Å². The smallest absolute Gasteiger partial charge is 0.324 e. The van der Waals surface area contributed by atoms with Crippen LogP contribution in [-0.4, -0.2) is 47.2 Å². The minimum Gasteiger partial charge on any atom is -0.493 e. The minimum atomic E-state index is -0.447. The highest BCUT2D eigenvalue weighted by atomic mass is 19.1. The van der Waals surface area contributed by atoms with Gasteiger partial charge in [0.2, 0.25) is 17.6 Å². The number of carbonyl (C=O) groups is 2. The van der Waals surface area contributed by atoms with Crippen molar-refractivity contribution in [3.05, 3.63) is 59.7 Å². The van der Waals surface area contributed by atoms with Crippen LogP contribution in [0.25, 0.3) is 11.4 Å². The first-order valence-corrected chi connectivity index (χ1v) is 11.4. The number of fused-ring (bicyclic) bond motifs is 1. The average Bonchev–Trinajstić information content (AvgIpc) is 3.37. The molecule has 1 aromatic heterocycles. The Morgan fingerprint density at radius 2 is 1.86 bits per heavy atom. The Kier molecular flexibility index (Phi) is 6.10. The molecule has 1 saturated carbocycles.